The van der Waals surface area contributed by atoms with Crippen LogP contribution in [0.5, 0.6) is 5.75 Å². The van der Waals surface area contributed by atoms with E-state index in [0.717, 1.165) is 12.8 Å². The smallest absolute Gasteiger partial charge is 0.330 e. The normalized spacial score (nSPS) is 13.2. The highest BCUT2D eigenvalue weighted by Crippen LogP contribution is 2.28. The van der Waals surface area contributed by atoms with Crippen LogP contribution in [0.4, 0.5) is 5.69 Å². The first-order valence-electron chi connectivity index (χ1n) is 7.55. The van der Waals surface area contributed by atoms with Gasteiger partial charge in [-0.05, 0) is 48.6 Å². The second-order valence-corrected chi connectivity index (χ2v) is 6.37. The quantitative estimate of drug-likeness (QED) is 0.623. The Balaban J connectivity index is 1.47. The fourth-order valence-corrected chi connectivity index (χ4v) is 2.64. The summed E-state index contributed by atoms with van der Waals surface area (Å²) >= 11 is 1.36. The third kappa shape index (κ3) is 4.42. The number of carbonyl (C=O) groups excluding carboxylic acids is 3. The van der Waals surface area contributed by atoms with Gasteiger partial charge in [-0.15, -0.1) is 11.3 Å². The van der Waals surface area contributed by atoms with Crippen molar-refractivity contribution in [2.24, 2.45) is 5.92 Å². The lowest BCUT2D eigenvalue weighted by atomic mass is 10.3. The molecule has 124 valence electrons. The van der Waals surface area contributed by atoms with E-state index in [9.17, 15) is 14.4 Å². The Morgan fingerprint density at radius 1 is 1.12 bits per heavy atom. The van der Waals surface area contributed by atoms with Gasteiger partial charge in [-0.3, -0.25) is 9.59 Å². The number of anilines is 1. The Morgan fingerprint density at radius 2 is 1.88 bits per heavy atom. The molecule has 6 nitrogen and oxygen atoms in total. The van der Waals surface area contributed by atoms with Crippen LogP contribution >= 0.6 is 11.3 Å². The van der Waals surface area contributed by atoms with Crippen molar-refractivity contribution in [2.75, 3.05) is 11.9 Å². The second kappa shape index (κ2) is 7.27. The van der Waals surface area contributed by atoms with Crippen LogP contribution in [-0.2, 0) is 9.59 Å². The number of amides is 2. The number of carbonyl (C=O) groups is 3. The number of ether oxygens (including phenoxy) is 1. The van der Waals surface area contributed by atoms with Crippen molar-refractivity contribution in [3.05, 3.63) is 46.7 Å². The fraction of sp³-hybridized carbons (Fsp3) is 0.235. The molecule has 1 aromatic heterocycles. The molecular formula is C17H16N2O4S. The Labute approximate surface area is 142 Å². The number of hydrogen-bond donors (Lipinski definition) is 2. The second-order valence-electron chi connectivity index (χ2n) is 5.42. The predicted octanol–water partition coefficient (Wildman–Crippen LogP) is 2.43. The molecule has 0 aliphatic heterocycles. The van der Waals surface area contributed by atoms with E-state index in [4.69, 9.17) is 4.74 Å². The summed E-state index contributed by atoms with van der Waals surface area (Å²) in [6.45, 7) is -0.147. The molecule has 0 saturated heterocycles. The zero-order chi connectivity index (χ0) is 16.9. The van der Waals surface area contributed by atoms with Crippen LogP contribution in [-0.4, -0.2) is 24.3 Å². The van der Waals surface area contributed by atoms with E-state index in [0.29, 0.717) is 16.3 Å². The average molecular weight is 344 g/mol. The highest BCUT2D eigenvalue weighted by molar-refractivity contribution is 7.12. The van der Waals surface area contributed by atoms with Gasteiger partial charge in [0.15, 0.2) is 0 Å². The predicted molar refractivity (Wildman–Crippen MR) is 90.1 cm³/mol. The molecule has 0 radical (unpaired) electrons. The Morgan fingerprint density at radius 3 is 2.50 bits per heavy atom. The molecule has 2 N–H and O–H groups in total. The van der Waals surface area contributed by atoms with Crippen molar-refractivity contribution in [3.63, 3.8) is 0 Å². The first-order chi connectivity index (χ1) is 11.6. The Hall–Kier alpha value is -2.67. The van der Waals surface area contributed by atoms with Crippen LogP contribution < -0.4 is 15.4 Å². The number of thiophene rings is 1. The molecule has 24 heavy (non-hydrogen) atoms. The summed E-state index contributed by atoms with van der Waals surface area (Å²) in [5.41, 5.74) is 0.607. The van der Waals surface area contributed by atoms with Gasteiger partial charge in [0.2, 0.25) is 5.91 Å². The van der Waals surface area contributed by atoms with E-state index in [1.165, 1.54) is 11.3 Å². The minimum absolute atomic E-state index is 0.0593. The maximum atomic E-state index is 11.9. The van der Waals surface area contributed by atoms with Gasteiger partial charge in [0, 0.05) is 11.6 Å². The lowest BCUT2D eigenvalue weighted by molar-refractivity contribution is -0.135. The SMILES string of the molecule is O=C(CNC(=O)C1CC1)Oc1ccc(NC(=O)c2cccs2)cc1. The van der Waals surface area contributed by atoms with Crippen molar-refractivity contribution < 1.29 is 19.1 Å². The third-order valence-electron chi connectivity index (χ3n) is 3.44. The van der Waals surface area contributed by atoms with Crippen molar-refractivity contribution in [2.45, 2.75) is 12.8 Å². The molecular weight excluding hydrogens is 328 g/mol. The average Bonchev–Trinajstić information content (AvgIpc) is 3.28. The molecule has 1 aliphatic carbocycles. The fourth-order valence-electron chi connectivity index (χ4n) is 2.02. The lowest BCUT2D eigenvalue weighted by Gasteiger charge is -2.07. The van der Waals surface area contributed by atoms with E-state index in [2.05, 4.69) is 10.6 Å². The molecule has 1 aliphatic rings. The van der Waals surface area contributed by atoms with Crippen LogP contribution in [0, 0.1) is 5.92 Å². The van der Waals surface area contributed by atoms with Gasteiger partial charge in [0.1, 0.15) is 12.3 Å². The first-order valence-corrected chi connectivity index (χ1v) is 8.43. The zero-order valence-corrected chi connectivity index (χ0v) is 13.6. The highest BCUT2D eigenvalue weighted by Gasteiger charge is 2.29. The van der Waals surface area contributed by atoms with Gasteiger partial charge in [-0.25, -0.2) is 4.79 Å². The van der Waals surface area contributed by atoms with E-state index in [1.807, 2.05) is 11.4 Å². The van der Waals surface area contributed by atoms with Crippen molar-refractivity contribution >= 4 is 34.8 Å². The molecule has 7 heteroatoms. The summed E-state index contributed by atoms with van der Waals surface area (Å²) in [6.07, 6.45) is 1.78. The zero-order valence-electron chi connectivity index (χ0n) is 12.8. The molecule has 2 aromatic rings. The summed E-state index contributed by atoms with van der Waals surface area (Å²) in [7, 11) is 0. The molecule has 0 spiro atoms. The van der Waals surface area contributed by atoms with E-state index in [-0.39, 0.29) is 24.3 Å². The van der Waals surface area contributed by atoms with E-state index in [1.54, 1.807) is 30.3 Å². The maximum Gasteiger partial charge on any atom is 0.330 e. The first kappa shape index (κ1) is 16.2. The summed E-state index contributed by atoms with van der Waals surface area (Å²) in [4.78, 5) is 35.7. The van der Waals surface area contributed by atoms with Gasteiger partial charge in [-0.1, -0.05) is 6.07 Å². The van der Waals surface area contributed by atoms with Crippen molar-refractivity contribution in [1.82, 2.24) is 5.32 Å². The van der Waals surface area contributed by atoms with Crippen LogP contribution in [0.3, 0.4) is 0 Å². The molecule has 2 amide bonds. The molecule has 3 rings (SSSR count). The molecule has 0 atom stereocenters. The number of rotatable bonds is 6. The largest absolute Gasteiger partial charge is 0.425 e. The molecule has 1 heterocycles. The summed E-state index contributed by atoms with van der Waals surface area (Å²) in [5, 5.41) is 7.14. The van der Waals surface area contributed by atoms with Gasteiger partial charge < -0.3 is 15.4 Å². The third-order valence-corrected chi connectivity index (χ3v) is 4.31. The molecule has 0 unspecified atom stereocenters. The topological polar surface area (TPSA) is 84.5 Å². The molecule has 0 bridgehead atoms. The van der Waals surface area contributed by atoms with Crippen molar-refractivity contribution in [1.29, 1.82) is 0 Å². The van der Waals surface area contributed by atoms with Crippen molar-refractivity contribution in [3.8, 4) is 5.75 Å². The van der Waals surface area contributed by atoms with Crippen LogP contribution in [0.25, 0.3) is 0 Å². The maximum absolute atomic E-state index is 11.9. The Kier molecular flexibility index (Phi) is 4.90. The van der Waals surface area contributed by atoms with Crippen LogP contribution in [0.1, 0.15) is 22.5 Å². The number of nitrogens with one attached hydrogen (secondary N) is 2. The van der Waals surface area contributed by atoms with Crippen LogP contribution in [0.15, 0.2) is 41.8 Å². The summed E-state index contributed by atoms with van der Waals surface area (Å²) < 4.78 is 5.13. The molecule has 1 fully saturated rings. The van der Waals surface area contributed by atoms with Gasteiger partial charge in [0.25, 0.3) is 5.91 Å². The van der Waals surface area contributed by atoms with Crippen LogP contribution in [0.2, 0.25) is 0 Å². The highest BCUT2D eigenvalue weighted by atomic mass is 32.1. The number of hydrogen-bond acceptors (Lipinski definition) is 5. The lowest BCUT2D eigenvalue weighted by Crippen LogP contribution is -2.32. The molecule has 1 aromatic carbocycles. The minimum atomic E-state index is -0.528. The van der Waals surface area contributed by atoms with E-state index < -0.39 is 5.97 Å². The Bertz CT molecular complexity index is 736. The minimum Gasteiger partial charge on any atom is -0.425 e. The summed E-state index contributed by atoms with van der Waals surface area (Å²) in [6, 6.07) is 10.0. The van der Waals surface area contributed by atoms with E-state index >= 15 is 0 Å². The van der Waals surface area contributed by atoms with Gasteiger partial charge >= 0.3 is 5.97 Å². The monoisotopic (exact) mass is 344 g/mol. The number of benzene rings is 1. The standard InChI is InChI=1S/C17H16N2O4S/c20-15(10-18-16(21)11-3-4-11)23-13-7-5-12(6-8-13)19-17(22)14-2-1-9-24-14/h1-2,5-9,11H,3-4,10H2,(H,18,21)(H,19,22). The number of esters is 1. The summed E-state index contributed by atoms with van der Waals surface area (Å²) in [5.74, 6) is -0.394. The van der Waals surface area contributed by atoms with Gasteiger partial charge in [0.05, 0.1) is 4.88 Å². The van der Waals surface area contributed by atoms with Gasteiger partial charge in [-0.2, -0.15) is 0 Å². The molecule has 1 saturated carbocycles.